The smallest absolute Gasteiger partial charge is 0.245 e. The van der Waals surface area contributed by atoms with E-state index in [-0.39, 0.29) is 4.90 Å². The van der Waals surface area contributed by atoms with Gasteiger partial charge >= 0.3 is 0 Å². The van der Waals surface area contributed by atoms with Gasteiger partial charge in [0.1, 0.15) is 11.8 Å². The first-order chi connectivity index (χ1) is 10.5. The van der Waals surface area contributed by atoms with Crippen LogP contribution in [-0.2, 0) is 10.0 Å². The van der Waals surface area contributed by atoms with Gasteiger partial charge in [-0.1, -0.05) is 11.2 Å². The van der Waals surface area contributed by atoms with E-state index >= 15 is 0 Å². The van der Waals surface area contributed by atoms with Crippen LogP contribution in [0.25, 0.3) is 0 Å². The largest absolute Gasteiger partial charge is 0.497 e. The van der Waals surface area contributed by atoms with Gasteiger partial charge in [0, 0.05) is 12.6 Å². The van der Waals surface area contributed by atoms with E-state index in [4.69, 9.17) is 9.26 Å². The van der Waals surface area contributed by atoms with Crippen molar-refractivity contribution in [1.82, 2.24) is 14.4 Å². The quantitative estimate of drug-likeness (QED) is 0.854. The van der Waals surface area contributed by atoms with Gasteiger partial charge in [0.15, 0.2) is 5.82 Å². The maximum absolute atomic E-state index is 12.9. The summed E-state index contributed by atoms with van der Waals surface area (Å²) < 4.78 is 37.4. The molecule has 0 amide bonds. The van der Waals surface area contributed by atoms with Crippen molar-refractivity contribution < 1.29 is 17.7 Å². The van der Waals surface area contributed by atoms with E-state index in [9.17, 15) is 8.42 Å². The summed E-state index contributed by atoms with van der Waals surface area (Å²) in [4.78, 5) is 4.38. The molecule has 3 rings (SSSR count). The predicted octanol–water partition coefficient (Wildman–Crippen LogP) is 1.91. The van der Waals surface area contributed by atoms with Crippen LogP contribution >= 0.6 is 0 Å². The molecule has 1 atom stereocenters. The summed E-state index contributed by atoms with van der Waals surface area (Å²) >= 11 is 0. The summed E-state index contributed by atoms with van der Waals surface area (Å²) in [6.45, 7) is 2.15. The Morgan fingerprint density at radius 2 is 2.23 bits per heavy atom. The highest BCUT2D eigenvalue weighted by molar-refractivity contribution is 7.89. The van der Waals surface area contributed by atoms with E-state index in [2.05, 4.69) is 10.1 Å². The van der Waals surface area contributed by atoms with Gasteiger partial charge in [-0.3, -0.25) is 0 Å². The highest BCUT2D eigenvalue weighted by Gasteiger charge is 2.39. The lowest BCUT2D eigenvalue weighted by Crippen LogP contribution is -2.30. The SMILES string of the molecule is COc1cccc(S(=O)(=O)N2CCCC2c2nc(C)no2)c1. The predicted molar refractivity (Wildman–Crippen MR) is 77.9 cm³/mol. The summed E-state index contributed by atoms with van der Waals surface area (Å²) in [6.07, 6.45) is 1.43. The van der Waals surface area contributed by atoms with E-state index in [0.717, 1.165) is 6.42 Å². The van der Waals surface area contributed by atoms with Crippen LogP contribution in [0.5, 0.6) is 5.75 Å². The minimum atomic E-state index is -3.63. The fourth-order valence-corrected chi connectivity index (χ4v) is 4.31. The fraction of sp³-hybridized carbons (Fsp3) is 0.429. The van der Waals surface area contributed by atoms with E-state index in [1.54, 1.807) is 25.1 Å². The van der Waals surface area contributed by atoms with Crippen LogP contribution in [0.2, 0.25) is 0 Å². The molecule has 0 spiro atoms. The summed E-state index contributed by atoms with van der Waals surface area (Å²) in [5, 5.41) is 3.75. The highest BCUT2D eigenvalue weighted by Crippen LogP contribution is 2.36. The first kappa shape index (κ1) is 15.0. The lowest BCUT2D eigenvalue weighted by molar-refractivity contribution is 0.289. The topological polar surface area (TPSA) is 85.5 Å². The van der Waals surface area contributed by atoms with Gasteiger partial charge in [0.2, 0.25) is 15.9 Å². The van der Waals surface area contributed by atoms with Crippen LogP contribution in [0.3, 0.4) is 0 Å². The Labute approximate surface area is 128 Å². The van der Waals surface area contributed by atoms with Gasteiger partial charge in [-0.2, -0.15) is 9.29 Å². The minimum absolute atomic E-state index is 0.204. The van der Waals surface area contributed by atoms with Crippen LogP contribution in [0.15, 0.2) is 33.7 Å². The number of sulfonamides is 1. The molecule has 1 aromatic heterocycles. The molecule has 1 unspecified atom stereocenters. The molecular formula is C14H17N3O4S. The second-order valence-corrected chi connectivity index (χ2v) is 7.02. The fourth-order valence-electron chi connectivity index (χ4n) is 2.62. The first-order valence-corrected chi connectivity index (χ1v) is 8.42. The lowest BCUT2D eigenvalue weighted by atomic mass is 10.2. The second kappa shape index (κ2) is 5.69. The highest BCUT2D eigenvalue weighted by atomic mass is 32.2. The first-order valence-electron chi connectivity index (χ1n) is 6.98. The van der Waals surface area contributed by atoms with E-state index in [1.807, 2.05) is 0 Å². The third-order valence-electron chi connectivity index (χ3n) is 3.68. The molecule has 0 radical (unpaired) electrons. The molecule has 0 bridgehead atoms. The molecule has 7 nitrogen and oxygen atoms in total. The van der Waals surface area contributed by atoms with Crippen molar-refractivity contribution in [3.8, 4) is 5.75 Å². The zero-order valence-corrected chi connectivity index (χ0v) is 13.2. The number of hydrogen-bond donors (Lipinski definition) is 0. The molecule has 1 aliphatic heterocycles. The maximum Gasteiger partial charge on any atom is 0.245 e. The van der Waals surface area contributed by atoms with Crippen LogP contribution in [0.1, 0.15) is 30.6 Å². The van der Waals surface area contributed by atoms with Crippen LogP contribution in [0.4, 0.5) is 0 Å². The summed E-state index contributed by atoms with van der Waals surface area (Å²) in [5.41, 5.74) is 0. The molecule has 1 saturated heterocycles. The zero-order valence-electron chi connectivity index (χ0n) is 12.4. The van der Waals surface area contributed by atoms with Crippen molar-refractivity contribution in [2.45, 2.75) is 30.7 Å². The van der Waals surface area contributed by atoms with Crippen LogP contribution in [-0.4, -0.2) is 36.5 Å². The molecule has 22 heavy (non-hydrogen) atoms. The standard InChI is InChI=1S/C14H17N3O4S/c1-10-15-14(21-16-10)13-7-4-8-17(13)22(18,19)12-6-3-5-11(9-12)20-2/h3,5-6,9,13H,4,7-8H2,1-2H3. The third kappa shape index (κ3) is 2.59. The summed E-state index contributed by atoms with van der Waals surface area (Å²) in [5.74, 6) is 1.35. The van der Waals surface area contributed by atoms with E-state index in [1.165, 1.54) is 17.5 Å². The lowest BCUT2D eigenvalue weighted by Gasteiger charge is -2.21. The molecule has 118 valence electrons. The molecule has 1 aliphatic rings. The molecule has 1 fully saturated rings. The molecule has 0 saturated carbocycles. The second-order valence-electron chi connectivity index (χ2n) is 5.13. The van der Waals surface area contributed by atoms with Crippen molar-refractivity contribution in [2.24, 2.45) is 0 Å². The van der Waals surface area contributed by atoms with Crippen molar-refractivity contribution in [1.29, 1.82) is 0 Å². The third-order valence-corrected chi connectivity index (χ3v) is 5.58. The van der Waals surface area contributed by atoms with Gasteiger partial charge in [-0.25, -0.2) is 8.42 Å². The number of methoxy groups -OCH3 is 1. The summed E-state index contributed by atoms with van der Waals surface area (Å²) in [6, 6.07) is 6.04. The summed E-state index contributed by atoms with van der Waals surface area (Å²) in [7, 11) is -2.13. The van der Waals surface area contributed by atoms with Crippen molar-refractivity contribution in [3.05, 3.63) is 36.0 Å². The molecule has 0 aliphatic carbocycles. The van der Waals surface area contributed by atoms with Crippen LogP contribution in [0, 0.1) is 6.92 Å². The Hall–Kier alpha value is -1.93. The maximum atomic E-state index is 12.9. The van der Waals surface area contributed by atoms with E-state index < -0.39 is 16.1 Å². The zero-order chi connectivity index (χ0) is 15.7. The molecular weight excluding hydrogens is 306 g/mol. The number of ether oxygens (including phenoxy) is 1. The number of nitrogens with zero attached hydrogens (tertiary/aromatic N) is 3. The average Bonchev–Trinajstić information content (AvgIpc) is 3.16. The molecule has 2 aromatic rings. The van der Waals surface area contributed by atoms with Gasteiger partial charge in [-0.15, -0.1) is 0 Å². The molecule has 0 N–H and O–H groups in total. The molecule has 1 aromatic carbocycles. The van der Waals surface area contributed by atoms with Crippen LogP contribution < -0.4 is 4.74 Å². The number of aromatic nitrogens is 2. The monoisotopic (exact) mass is 323 g/mol. The number of aryl methyl sites for hydroxylation is 1. The van der Waals surface area contributed by atoms with Gasteiger partial charge < -0.3 is 9.26 Å². The van der Waals surface area contributed by atoms with Crippen molar-refractivity contribution >= 4 is 10.0 Å². The Bertz CT molecular complexity index is 772. The van der Waals surface area contributed by atoms with E-state index in [0.29, 0.717) is 30.4 Å². The Morgan fingerprint density at radius 1 is 1.41 bits per heavy atom. The van der Waals surface area contributed by atoms with Gasteiger partial charge in [-0.05, 0) is 31.9 Å². The average molecular weight is 323 g/mol. The van der Waals surface area contributed by atoms with Crippen molar-refractivity contribution in [2.75, 3.05) is 13.7 Å². The Balaban J connectivity index is 1.96. The van der Waals surface area contributed by atoms with Crippen molar-refractivity contribution in [3.63, 3.8) is 0 Å². The number of benzene rings is 1. The van der Waals surface area contributed by atoms with Gasteiger partial charge in [0.25, 0.3) is 0 Å². The normalized spacial score (nSPS) is 19.5. The Kier molecular flexibility index (Phi) is 3.88. The molecule has 2 heterocycles. The number of hydrogen-bond acceptors (Lipinski definition) is 6. The number of rotatable bonds is 4. The minimum Gasteiger partial charge on any atom is -0.497 e. The molecule has 8 heteroatoms. The Morgan fingerprint density at radius 3 is 2.91 bits per heavy atom. The van der Waals surface area contributed by atoms with Gasteiger partial charge in [0.05, 0.1) is 12.0 Å².